The molecule has 0 saturated heterocycles. The van der Waals surface area contributed by atoms with Gasteiger partial charge in [-0.1, -0.05) is 30.3 Å². The molecule has 19 heavy (non-hydrogen) atoms. The van der Waals surface area contributed by atoms with E-state index in [1.54, 1.807) is 12.1 Å². The molecule has 96 valence electrons. The van der Waals surface area contributed by atoms with Crippen LogP contribution >= 0.6 is 0 Å². The predicted molar refractivity (Wildman–Crippen MR) is 71.8 cm³/mol. The molecule has 1 aromatic heterocycles. The first-order valence-corrected chi connectivity index (χ1v) is 5.98. The second kappa shape index (κ2) is 4.84. The van der Waals surface area contributed by atoms with Crippen molar-refractivity contribution in [2.24, 2.45) is 5.84 Å². The van der Waals surface area contributed by atoms with Gasteiger partial charge in [0.2, 0.25) is 0 Å². The van der Waals surface area contributed by atoms with E-state index in [-0.39, 0.29) is 11.9 Å². The van der Waals surface area contributed by atoms with Gasteiger partial charge >= 0.3 is 0 Å². The average Bonchev–Trinajstić information content (AvgIpc) is 2.83. The normalized spacial score (nSPS) is 12.7. The van der Waals surface area contributed by atoms with Crippen molar-refractivity contribution in [2.45, 2.75) is 6.04 Å². The zero-order chi connectivity index (χ0) is 13.2. The van der Waals surface area contributed by atoms with Crippen LogP contribution in [-0.2, 0) is 0 Å². The minimum absolute atomic E-state index is 0.253. The molecule has 0 spiro atoms. The number of rotatable bonds is 3. The van der Waals surface area contributed by atoms with E-state index in [1.807, 2.05) is 30.3 Å². The third-order valence-electron chi connectivity index (χ3n) is 3.08. The summed E-state index contributed by atoms with van der Waals surface area (Å²) < 4.78 is 18.9. The second-order valence-electron chi connectivity index (χ2n) is 4.34. The highest BCUT2D eigenvalue weighted by molar-refractivity contribution is 5.78. The van der Waals surface area contributed by atoms with Crippen LogP contribution in [0.5, 0.6) is 0 Å². The fourth-order valence-electron chi connectivity index (χ4n) is 2.17. The monoisotopic (exact) mass is 256 g/mol. The van der Waals surface area contributed by atoms with Gasteiger partial charge in [0.25, 0.3) is 0 Å². The zero-order valence-electron chi connectivity index (χ0n) is 10.1. The topological polar surface area (TPSA) is 51.2 Å². The van der Waals surface area contributed by atoms with Gasteiger partial charge in [0.05, 0.1) is 0 Å². The quantitative estimate of drug-likeness (QED) is 0.559. The summed E-state index contributed by atoms with van der Waals surface area (Å²) in [6.07, 6.45) is 0. The number of nitrogens with two attached hydrogens (primary N) is 1. The Bertz CT molecular complexity index is 694. The molecule has 0 saturated carbocycles. The summed E-state index contributed by atoms with van der Waals surface area (Å²) in [5, 5.41) is 0.728. The summed E-state index contributed by atoms with van der Waals surface area (Å²) in [4.78, 5) is 0. The molecular formula is C15H13FN2O. The molecule has 3 nitrogen and oxygen atoms in total. The van der Waals surface area contributed by atoms with E-state index in [9.17, 15) is 4.39 Å². The standard InChI is InChI=1S/C15H13FN2O/c16-12-6-7-13-11(8-12)9-14(19-13)15(18-17)10-4-2-1-3-5-10/h1-9,15,18H,17H2. The molecule has 1 unspecified atom stereocenters. The van der Waals surface area contributed by atoms with Crippen LogP contribution in [0.15, 0.2) is 59.0 Å². The van der Waals surface area contributed by atoms with Crippen LogP contribution in [0.4, 0.5) is 4.39 Å². The van der Waals surface area contributed by atoms with Gasteiger partial charge in [0, 0.05) is 5.39 Å². The first-order valence-electron chi connectivity index (χ1n) is 5.98. The maximum absolute atomic E-state index is 13.2. The number of benzene rings is 2. The molecule has 4 heteroatoms. The van der Waals surface area contributed by atoms with Crippen LogP contribution in [0.2, 0.25) is 0 Å². The third-order valence-corrected chi connectivity index (χ3v) is 3.08. The highest BCUT2D eigenvalue weighted by atomic mass is 19.1. The van der Waals surface area contributed by atoms with Crippen molar-refractivity contribution >= 4 is 11.0 Å². The predicted octanol–water partition coefficient (Wildman–Crippen LogP) is 3.12. The lowest BCUT2D eigenvalue weighted by Gasteiger charge is -2.13. The highest BCUT2D eigenvalue weighted by Gasteiger charge is 2.17. The smallest absolute Gasteiger partial charge is 0.134 e. The molecule has 1 heterocycles. The van der Waals surface area contributed by atoms with Gasteiger partial charge in [0.1, 0.15) is 23.2 Å². The van der Waals surface area contributed by atoms with E-state index in [1.165, 1.54) is 12.1 Å². The van der Waals surface area contributed by atoms with Crippen LogP contribution in [-0.4, -0.2) is 0 Å². The molecule has 0 fully saturated rings. The number of hydrogen-bond donors (Lipinski definition) is 2. The summed E-state index contributed by atoms with van der Waals surface area (Å²) >= 11 is 0. The fraction of sp³-hybridized carbons (Fsp3) is 0.0667. The minimum atomic E-state index is -0.281. The molecule has 0 amide bonds. The second-order valence-corrected chi connectivity index (χ2v) is 4.34. The lowest BCUT2D eigenvalue weighted by atomic mass is 10.1. The van der Waals surface area contributed by atoms with Crippen molar-refractivity contribution in [3.8, 4) is 0 Å². The summed E-state index contributed by atoms with van der Waals surface area (Å²) in [6.45, 7) is 0. The molecule has 0 aliphatic heterocycles. The zero-order valence-corrected chi connectivity index (χ0v) is 10.1. The van der Waals surface area contributed by atoms with E-state index in [0.29, 0.717) is 11.3 Å². The number of fused-ring (bicyclic) bond motifs is 1. The first kappa shape index (κ1) is 11.9. The largest absolute Gasteiger partial charge is 0.459 e. The van der Waals surface area contributed by atoms with Crippen molar-refractivity contribution in [1.82, 2.24) is 5.43 Å². The lowest BCUT2D eigenvalue weighted by Crippen LogP contribution is -2.28. The van der Waals surface area contributed by atoms with E-state index in [2.05, 4.69) is 5.43 Å². The molecule has 3 N–H and O–H groups in total. The molecule has 0 radical (unpaired) electrons. The van der Waals surface area contributed by atoms with E-state index in [4.69, 9.17) is 10.3 Å². The summed E-state index contributed by atoms with van der Waals surface area (Å²) in [5.74, 6) is 5.99. The maximum atomic E-state index is 13.2. The molecule has 1 atom stereocenters. The number of hydrogen-bond acceptors (Lipinski definition) is 3. The average molecular weight is 256 g/mol. The van der Waals surface area contributed by atoms with Crippen molar-refractivity contribution < 1.29 is 8.81 Å². The van der Waals surface area contributed by atoms with Crippen molar-refractivity contribution in [3.05, 3.63) is 71.7 Å². The molecule has 3 rings (SSSR count). The Labute approximate surface area is 109 Å². The molecular weight excluding hydrogens is 243 g/mol. The van der Waals surface area contributed by atoms with Gasteiger partial charge in [0.15, 0.2) is 0 Å². The van der Waals surface area contributed by atoms with Crippen molar-refractivity contribution in [3.63, 3.8) is 0 Å². The summed E-state index contributed by atoms with van der Waals surface area (Å²) in [5.41, 5.74) is 4.36. The molecule has 3 aromatic rings. The summed E-state index contributed by atoms with van der Waals surface area (Å²) in [6, 6.07) is 15.7. The Kier molecular flexibility index (Phi) is 3.03. The number of nitrogens with one attached hydrogen (secondary N) is 1. The van der Waals surface area contributed by atoms with E-state index >= 15 is 0 Å². The number of furan rings is 1. The highest BCUT2D eigenvalue weighted by Crippen LogP contribution is 2.28. The minimum Gasteiger partial charge on any atom is -0.459 e. The number of halogens is 1. The molecule has 0 bridgehead atoms. The fourth-order valence-corrected chi connectivity index (χ4v) is 2.17. The maximum Gasteiger partial charge on any atom is 0.134 e. The Morgan fingerprint density at radius 1 is 1.05 bits per heavy atom. The molecule has 2 aromatic carbocycles. The Morgan fingerprint density at radius 2 is 1.84 bits per heavy atom. The molecule has 0 aliphatic rings. The van der Waals surface area contributed by atoms with Crippen LogP contribution in [0.1, 0.15) is 17.4 Å². The van der Waals surface area contributed by atoms with Crippen LogP contribution in [0.3, 0.4) is 0 Å². The summed E-state index contributed by atoms with van der Waals surface area (Å²) in [7, 11) is 0. The SMILES string of the molecule is NNC(c1ccccc1)c1cc2cc(F)ccc2o1. The third kappa shape index (κ3) is 2.23. The van der Waals surface area contributed by atoms with Gasteiger partial charge in [-0.15, -0.1) is 0 Å². The van der Waals surface area contributed by atoms with E-state index < -0.39 is 0 Å². The Balaban J connectivity index is 2.07. The lowest BCUT2D eigenvalue weighted by molar-refractivity contribution is 0.477. The number of hydrazine groups is 1. The van der Waals surface area contributed by atoms with Crippen LogP contribution in [0.25, 0.3) is 11.0 Å². The Morgan fingerprint density at radius 3 is 2.58 bits per heavy atom. The molecule has 0 aliphatic carbocycles. The first-order chi connectivity index (χ1) is 9.28. The van der Waals surface area contributed by atoms with Gasteiger partial charge in [-0.2, -0.15) is 0 Å². The van der Waals surface area contributed by atoms with Crippen LogP contribution < -0.4 is 11.3 Å². The van der Waals surface area contributed by atoms with Crippen LogP contribution in [0, 0.1) is 5.82 Å². The van der Waals surface area contributed by atoms with Crippen molar-refractivity contribution in [1.29, 1.82) is 0 Å². The van der Waals surface area contributed by atoms with Gasteiger partial charge in [-0.3, -0.25) is 5.84 Å². The van der Waals surface area contributed by atoms with Gasteiger partial charge in [-0.05, 0) is 29.8 Å². The van der Waals surface area contributed by atoms with Gasteiger partial charge in [-0.25, -0.2) is 9.82 Å². The van der Waals surface area contributed by atoms with E-state index in [0.717, 1.165) is 10.9 Å². The van der Waals surface area contributed by atoms with Crippen molar-refractivity contribution in [2.75, 3.05) is 0 Å². The van der Waals surface area contributed by atoms with Gasteiger partial charge < -0.3 is 4.42 Å². The Hall–Kier alpha value is -2.17.